The van der Waals surface area contributed by atoms with E-state index in [4.69, 9.17) is 23.8 Å². The summed E-state index contributed by atoms with van der Waals surface area (Å²) in [7, 11) is 0. The van der Waals surface area contributed by atoms with Gasteiger partial charge in [0.05, 0.1) is 0 Å². The lowest BCUT2D eigenvalue weighted by Gasteiger charge is -2.11. The normalized spacial score (nSPS) is 10.4. The van der Waals surface area contributed by atoms with Gasteiger partial charge in [-0.2, -0.15) is 11.8 Å². The second-order valence-corrected chi connectivity index (χ2v) is 7.31. The van der Waals surface area contributed by atoms with Gasteiger partial charge in [0, 0.05) is 28.8 Å². The third-order valence-corrected chi connectivity index (χ3v) is 5.01. The Balaban J connectivity index is 1.64. The van der Waals surface area contributed by atoms with Gasteiger partial charge in [0.25, 0.3) is 0 Å². The largest absolute Gasteiger partial charge is 0.362 e. The van der Waals surface area contributed by atoms with Gasteiger partial charge in [-0.1, -0.05) is 29.8 Å². The second-order valence-electron chi connectivity index (χ2n) is 5.36. The summed E-state index contributed by atoms with van der Waals surface area (Å²) < 4.78 is 0. The Morgan fingerprint density at radius 2 is 1.83 bits per heavy atom. The van der Waals surface area contributed by atoms with E-state index in [0.29, 0.717) is 5.11 Å². The van der Waals surface area contributed by atoms with Crippen LogP contribution >= 0.6 is 35.6 Å². The summed E-state index contributed by atoms with van der Waals surface area (Å²) in [6.45, 7) is 5.05. The van der Waals surface area contributed by atoms with Crippen LogP contribution < -0.4 is 10.6 Å². The van der Waals surface area contributed by atoms with Crippen molar-refractivity contribution in [3.05, 3.63) is 64.2 Å². The third-order valence-electron chi connectivity index (χ3n) is 3.48. The second kappa shape index (κ2) is 9.16. The molecule has 122 valence electrons. The van der Waals surface area contributed by atoms with Gasteiger partial charge in [0.2, 0.25) is 0 Å². The highest BCUT2D eigenvalue weighted by atomic mass is 35.5. The van der Waals surface area contributed by atoms with Crippen molar-refractivity contribution < 1.29 is 0 Å². The van der Waals surface area contributed by atoms with Crippen LogP contribution in [0.25, 0.3) is 0 Å². The topological polar surface area (TPSA) is 24.1 Å². The van der Waals surface area contributed by atoms with Crippen LogP contribution in [0, 0.1) is 13.8 Å². The average Bonchev–Trinajstić information content (AvgIpc) is 2.52. The minimum Gasteiger partial charge on any atom is -0.362 e. The molecule has 0 aliphatic heterocycles. The molecule has 2 nitrogen and oxygen atoms in total. The molecule has 0 aliphatic carbocycles. The van der Waals surface area contributed by atoms with Gasteiger partial charge in [-0.3, -0.25) is 0 Å². The molecule has 0 unspecified atom stereocenters. The number of nitrogens with one attached hydrogen (secondary N) is 2. The monoisotopic (exact) mass is 364 g/mol. The number of halogens is 1. The van der Waals surface area contributed by atoms with E-state index in [1.807, 2.05) is 30.0 Å². The fourth-order valence-electron chi connectivity index (χ4n) is 2.00. The predicted molar refractivity (Wildman–Crippen MR) is 108 cm³/mol. The molecule has 5 heteroatoms. The summed E-state index contributed by atoms with van der Waals surface area (Å²) in [6.07, 6.45) is 0. The van der Waals surface area contributed by atoms with Gasteiger partial charge in [-0.05, 0) is 67.0 Å². The summed E-state index contributed by atoms with van der Waals surface area (Å²) >= 11 is 13.1. The molecule has 2 aromatic rings. The fourth-order valence-corrected chi connectivity index (χ4v) is 3.17. The standard InChI is InChI=1S/C18H21ClN2S2/c1-13-3-8-17(11-14(13)2)21-18(22)20-9-10-23-12-15-4-6-16(19)7-5-15/h3-8,11H,9-10,12H2,1-2H3,(H2,20,21,22). The Hall–Kier alpha value is -1.23. The minimum absolute atomic E-state index is 0.667. The van der Waals surface area contributed by atoms with Crippen LogP contribution in [0.2, 0.25) is 5.02 Å². The molecule has 0 amide bonds. The van der Waals surface area contributed by atoms with Gasteiger partial charge in [-0.15, -0.1) is 0 Å². The molecular formula is C18H21ClN2S2. The zero-order chi connectivity index (χ0) is 16.7. The van der Waals surface area contributed by atoms with Crippen molar-refractivity contribution in [1.29, 1.82) is 0 Å². The van der Waals surface area contributed by atoms with Crippen molar-refractivity contribution >= 4 is 46.4 Å². The maximum absolute atomic E-state index is 5.88. The third kappa shape index (κ3) is 6.42. The molecule has 2 N–H and O–H groups in total. The van der Waals surface area contributed by atoms with Gasteiger partial charge in [0.1, 0.15) is 0 Å². The predicted octanol–water partition coefficient (Wildman–Crippen LogP) is 5.18. The molecule has 23 heavy (non-hydrogen) atoms. The van der Waals surface area contributed by atoms with E-state index >= 15 is 0 Å². The van der Waals surface area contributed by atoms with Crippen LogP contribution in [0.15, 0.2) is 42.5 Å². The minimum atomic E-state index is 0.667. The highest BCUT2D eigenvalue weighted by Crippen LogP contribution is 2.15. The van der Waals surface area contributed by atoms with Crippen molar-refractivity contribution in [2.75, 3.05) is 17.6 Å². The molecule has 0 bridgehead atoms. The molecule has 0 heterocycles. The van der Waals surface area contributed by atoms with Crippen LogP contribution in [0.5, 0.6) is 0 Å². The van der Waals surface area contributed by atoms with E-state index < -0.39 is 0 Å². The highest BCUT2D eigenvalue weighted by Gasteiger charge is 2.00. The van der Waals surface area contributed by atoms with Crippen molar-refractivity contribution in [2.24, 2.45) is 0 Å². The number of rotatable bonds is 6. The number of aryl methyl sites for hydroxylation is 2. The van der Waals surface area contributed by atoms with Crippen molar-refractivity contribution in [3.8, 4) is 0 Å². The van der Waals surface area contributed by atoms with Crippen LogP contribution in [-0.4, -0.2) is 17.4 Å². The van der Waals surface area contributed by atoms with Crippen molar-refractivity contribution in [3.63, 3.8) is 0 Å². The lowest BCUT2D eigenvalue weighted by atomic mass is 10.1. The van der Waals surface area contributed by atoms with Crippen LogP contribution in [-0.2, 0) is 5.75 Å². The van der Waals surface area contributed by atoms with Crippen LogP contribution in [0.4, 0.5) is 5.69 Å². The quantitative estimate of drug-likeness (QED) is 0.545. The number of hydrogen-bond acceptors (Lipinski definition) is 2. The van der Waals surface area contributed by atoms with Gasteiger partial charge >= 0.3 is 0 Å². The summed E-state index contributed by atoms with van der Waals surface area (Å²) in [5, 5.41) is 7.91. The van der Waals surface area contributed by atoms with Gasteiger partial charge < -0.3 is 10.6 Å². The first kappa shape index (κ1) is 18.1. The molecule has 0 radical (unpaired) electrons. The fraction of sp³-hybridized carbons (Fsp3) is 0.278. The zero-order valence-corrected chi connectivity index (χ0v) is 15.7. The number of benzene rings is 2. The molecule has 2 aromatic carbocycles. The van der Waals surface area contributed by atoms with Crippen molar-refractivity contribution in [1.82, 2.24) is 5.32 Å². The van der Waals surface area contributed by atoms with E-state index in [2.05, 4.69) is 48.7 Å². The maximum atomic E-state index is 5.88. The first-order chi connectivity index (χ1) is 11.0. The van der Waals surface area contributed by atoms with Gasteiger partial charge in [-0.25, -0.2) is 0 Å². The highest BCUT2D eigenvalue weighted by molar-refractivity contribution is 7.98. The molecule has 0 saturated heterocycles. The molecule has 0 spiro atoms. The molecular weight excluding hydrogens is 344 g/mol. The molecule has 0 atom stereocenters. The van der Waals surface area contributed by atoms with E-state index in [-0.39, 0.29) is 0 Å². The molecule has 0 saturated carbocycles. The Morgan fingerprint density at radius 3 is 2.52 bits per heavy atom. The van der Waals surface area contributed by atoms with Crippen LogP contribution in [0.1, 0.15) is 16.7 Å². The van der Waals surface area contributed by atoms with E-state index in [1.165, 1.54) is 16.7 Å². The maximum Gasteiger partial charge on any atom is 0.170 e. The Bertz CT molecular complexity index is 657. The number of thioether (sulfide) groups is 1. The Kier molecular flexibility index (Phi) is 7.21. The first-order valence-corrected chi connectivity index (χ1v) is 9.43. The summed E-state index contributed by atoms with van der Waals surface area (Å²) in [6, 6.07) is 14.2. The number of anilines is 1. The molecule has 0 fully saturated rings. The Labute approximate surface area is 153 Å². The summed E-state index contributed by atoms with van der Waals surface area (Å²) in [5.74, 6) is 1.98. The average molecular weight is 365 g/mol. The van der Waals surface area contributed by atoms with Gasteiger partial charge in [0.15, 0.2) is 5.11 Å². The number of hydrogen-bond donors (Lipinski definition) is 2. The lowest BCUT2D eigenvalue weighted by Crippen LogP contribution is -2.30. The van der Waals surface area contributed by atoms with E-state index in [0.717, 1.165) is 28.8 Å². The zero-order valence-electron chi connectivity index (χ0n) is 13.4. The summed E-state index contributed by atoms with van der Waals surface area (Å²) in [4.78, 5) is 0. The molecule has 0 aliphatic rings. The lowest BCUT2D eigenvalue weighted by molar-refractivity contribution is 0.989. The van der Waals surface area contributed by atoms with Crippen LogP contribution in [0.3, 0.4) is 0 Å². The summed E-state index contributed by atoms with van der Waals surface area (Å²) in [5.41, 5.74) is 4.86. The molecule has 2 rings (SSSR count). The first-order valence-electron chi connectivity index (χ1n) is 7.49. The molecule has 0 aromatic heterocycles. The van der Waals surface area contributed by atoms with Crippen molar-refractivity contribution in [2.45, 2.75) is 19.6 Å². The van der Waals surface area contributed by atoms with E-state index in [9.17, 15) is 0 Å². The number of thiocarbonyl (C=S) groups is 1. The smallest absolute Gasteiger partial charge is 0.170 e. The SMILES string of the molecule is Cc1ccc(NC(=S)NCCSCc2ccc(Cl)cc2)cc1C. The Morgan fingerprint density at radius 1 is 1.09 bits per heavy atom. The van der Waals surface area contributed by atoms with E-state index in [1.54, 1.807) is 0 Å².